The Morgan fingerprint density at radius 1 is 0.500 bits per heavy atom. The lowest BCUT2D eigenvalue weighted by Gasteiger charge is -2.24. The Hall–Kier alpha value is -2.70. The van der Waals surface area contributed by atoms with Crippen LogP contribution in [0.5, 0.6) is 0 Å². The lowest BCUT2D eigenvalue weighted by Crippen LogP contribution is -2.46. The topological polar surface area (TPSA) is 95.9 Å². The molecule has 3 atom stereocenters. The fourth-order valence-corrected chi connectivity index (χ4v) is 7.31. The first-order valence-corrected chi connectivity index (χ1v) is 25.2. The van der Waals surface area contributed by atoms with Crippen molar-refractivity contribution in [1.29, 1.82) is 0 Å². The first kappa shape index (κ1) is 57.3. The standard InChI is InChI=1S/C54H95NO5/c1-4-7-10-13-16-19-21-23-25-26-28-29-31-34-37-40-43-46-52(57)51(49-56)55-53(58)48-50(45-42-39-36-33-18-15-12-9-6-3)60-54(59)47-44-41-38-35-32-30-27-24-22-20-17-14-11-8-5-2/h8,11,14-15,17-18,20,22,24,27,30,32,50-52,56-57H,4-7,9-10,12-13,16,19,21,23,25-26,28-29,31,33-49H2,1-3H3,(H,55,58)/b11-8+,17-14+,18-15-,22-20-,27-24-,32-30+. The van der Waals surface area contributed by atoms with Crippen LogP contribution in [0.3, 0.4) is 0 Å². The third-order valence-corrected chi connectivity index (χ3v) is 11.1. The third-order valence-electron chi connectivity index (χ3n) is 11.1. The smallest absolute Gasteiger partial charge is 0.306 e. The zero-order valence-corrected chi connectivity index (χ0v) is 39.3. The van der Waals surface area contributed by atoms with Crippen LogP contribution >= 0.6 is 0 Å². The molecule has 0 aromatic carbocycles. The molecule has 3 unspecified atom stereocenters. The van der Waals surface area contributed by atoms with E-state index < -0.39 is 18.2 Å². The van der Waals surface area contributed by atoms with Crippen molar-refractivity contribution in [1.82, 2.24) is 5.32 Å². The Labute approximate surface area is 371 Å². The maximum Gasteiger partial charge on any atom is 0.306 e. The quantitative estimate of drug-likeness (QED) is 0.0246. The second kappa shape index (κ2) is 47.4. The van der Waals surface area contributed by atoms with E-state index in [1.54, 1.807) is 0 Å². The van der Waals surface area contributed by atoms with Crippen molar-refractivity contribution in [2.45, 2.75) is 251 Å². The van der Waals surface area contributed by atoms with Crippen molar-refractivity contribution in [3.63, 3.8) is 0 Å². The Morgan fingerprint density at radius 3 is 1.47 bits per heavy atom. The van der Waals surface area contributed by atoms with Gasteiger partial charge in [-0.3, -0.25) is 9.59 Å². The van der Waals surface area contributed by atoms with E-state index in [1.807, 2.05) is 42.5 Å². The molecular weight excluding hydrogens is 743 g/mol. The highest BCUT2D eigenvalue weighted by Gasteiger charge is 2.24. The highest BCUT2D eigenvalue weighted by atomic mass is 16.5. The van der Waals surface area contributed by atoms with E-state index in [4.69, 9.17) is 4.74 Å². The van der Waals surface area contributed by atoms with Crippen molar-refractivity contribution in [3.05, 3.63) is 72.9 Å². The minimum Gasteiger partial charge on any atom is -0.462 e. The number of carbonyl (C=O) groups is 2. The second-order valence-corrected chi connectivity index (χ2v) is 17.0. The monoisotopic (exact) mass is 838 g/mol. The lowest BCUT2D eigenvalue weighted by molar-refractivity contribution is -0.151. The van der Waals surface area contributed by atoms with E-state index in [2.05, 4.69) is 56.5 Å². The number of aliphatic hydroxyl groups is 2. The summed E-state index contributed by atoms with van der Waals surface area (Å²) in [4.78, 5) is 26.0. The number of amides is 1. The first-order valence-electron chi connectivity index (χ1n) is 25.2. The Morgan fingerprint density at radius 2 is 0.933 bits per heavy atom. The molecule has 0 radical (unpaired) electrons. The minimum absolute atomic E-state index is 0.0463. The zero-order valence-electron chi connectivity index (χ0n) is 39.3. The fraction of sp³-hybridized carbons (Fsp3) is 0.741. The van der Waals surface area contributed by atoms with Gasteiger partial charge in [0.05, 0.1) is 25.2 Å². The highest BCUT2D eigenvalue weighted by Crippen LogP contribution is 2.17. The van der Waals surface area contributed by atoms with Crippen LogP contribution in [-0.4, -0.2) is 46.9 Å². The summed E-state index contributed by atoms with van der Waals surface area (Å²) in [6.45, 7) is 6.28. The molecule has 0 saturated heterocycles. The predicted octanol–water partition coefficient (Wildman–Crippen LogP) is 15.0. The molecule has 3 N–H and O–H groups in total. The maximum absolute atomic E-state index is 13.2. The van der Waals surface area contributed by atoms with Crippen LogP contribution in [0.4, 0.5) is 0 Å². The van der Waals surface area contributed by atoms with Crippen LogP contribution in [0.15, 0.2) is 72.9 Å². The largest absolute Gasteiger partial charge is 0.462 e. The molecule has 1 amide bonds. The van der Waals surface area contributed by atoms with Crippen LogP contribution in [0.1, 0.15) is 233 Å². The molecule has 0 heterocycles. The molecule has 0 aromatic rings. The van der Waals surface area contributed by atoms with Gasteiger partial charge >= 0.3 is 5.97 Å². The second-order valence-electron chi connectivity index (χ2n) is 17.0. The number of unbranched alkanes of at least 4 members (excludes halogenated alkanes) is 24. The molecule has 0 rings (SSSR count). The van der Waals surface area contributed by atoms with Gasteiger partial charge in [-0.05, 0) is 64.2 Å². The van der Waals surface area contributed by atoms with Crippen molar-refractivity contribution in [3.8, 4) is 0 Å². The van der Waals surface area contributed by atoms with Gasteiger partial charge in [0, 0.05) is 6.42 Å². The summed E-state index contributed by atoms with van der Waals surface area (Å²) >= 11 is 0. The van der Waals surface area contributed by atoms with E-state index >= 15 is 0 Å². The molecule has 0 saturated carbocycles. The fourth-order valence-electron chi connectivity index (χ4n) is 7.31. The van der Waals surface area contributed by atoms with Crippen LogP contribution in [-0.2, 0) is 14.3 Å². The number of nitrogens with one attached hydrogen (secondary N) is 1. The van der Waals surface area contributed by atoms with Gasteiger partial charge in [-0.1, -0.05) is 229 Å². The molecule has 0 spiro atoms. The number of esters is 1. The summed E-state index contributed by atoms with van der Waals surface area (Å²) < 4.78 is 5.88. The van der Waals surface area contributed by atoms with Crippen molar-refractivity contribution in [2.75, 3.05) is 6.61 Å². The van der Waals surface area contributed by atoms with Crippen LogP contribution in [0.2, 0.25) is 0 Å². The molecule has 0 bridgehead atoms. The van der Waals surface area contributed by atoms with E-state index in [1.165, 1.54) is 103 Å². The van der Waals surface area contributed by atoms with E-state index in [-0.39, 0.29) is 24.9 Å². The SMILES string of the molecule is CC/C=C/C=C/C=C\C=C/C=C/CCCCCC(=O)OC(CCCCC/C=C\CCCC)CC(=O)NC(CO)C(O)CCCCCCCCCCCCCCCCCCC. The number of aliphatic hydroxyl groups excluding tert-OH is 2. The molecule has 0 aromatic heterocycles. The number of rotatable bonds is 44. The summed E-state index contributed by atoms with van der Waals surface area (Å²) in [5.41, 5.74) is 0. The molecule has 0 aliphatic rings. The molecular formula is C54H95NO5. The van der Waals surface area contributed by atoms with Gasteiger partial charge < -0.3 is 20.3 Å². The molecule has 346 valence electrons. The molecule has 6 nitrogen and oxygen atoms in total. The van der Waals surface area contributed by atoms with Gasteiger partial charge in [0.2, 0.25) is 5.91 Å². The Bertz CT molecular complexity index is 1120. The average Bonchev–Trinajstić information content (AvgIpc) is 3.24. The Balaban J connectivity index is 4.52. The van der Waals surface area contributed by atoms with E-state index in [0.717, 1.165) is 83.5 Å². The zero-order chi connectivity index (χ0) is 43.8. The van der Waals surface area contributed by atoms with Gasteiger partial charge in [-0.2, -0.15) is 0 Å². The number of carbonyl (C=O) groups excluding carboxylic acids is 2. The van der Waals surface area contributed by atoms with E-state index in [0.29, 0.717) is 19.3 Å². The van der Waals surface area contributed by atoms with Crippen molar-refractivity contribution >= 4 is 11.9 Å². The van der Waals surface area contributed by atoms with Gasteiger partial charge in [0.25, 0.3) is 0 Å². The lowest BCUT2D eigenvalue weighted by atomic mass is 10.0. The summed E-state index contributed by atoms with van der Waals surface area (Å²) in [5.74, 6) is -0.544. The predicted molar refractivity (Wildman–Crippen MR) is 259 cm³/mol. The number of hydrogen-bond donors (Lipinski definition) is 3. The van der Waals surface area contributed by atoms with Gasteiger partial charge in [-0.15, -0.1) is 0 Å². The van der Waals surface area contributed by atoms with Gasteiger partial charge in [0.1, 0.15) is 6.10 Å². The summed E-state index contributed by atoms with van der Waals surface area (Å²) in [7, 11) is 0. The van der Waals surface area contributed by atoms with Crippen LogP contribution in [0, 0.1) is 0 Å². The van der Waals surface area contributed by atoms with Crippen molar-refractivity contribution < 1.29 is 24.5 Å². The normalized spacial score (nSPS) is 13.9. The molecule has 0 aliphatic carbocycles. The minimum atomic E-state index is -0.801. The number of hydrogen-bond acceptors (Lipinski definition) is 5. The van der Waals surface area contributed by atoms with Crippen LogP contribution < -0.4 is 5.32 Å². The van der Waals surface area contributed by atoms with E-state index in [9.17, 15) is 19.8 Å². The summed E-state index contributed by atoms with van der Waals surface area (Å²) in [6, 6.07) is -0.717. The first-order chi connectivity index (χ1) is 29.5. The highest BCUT2D eigenvalue weighted by molar-refractivity contribution is 5.77. The number of allylic oxidation sites excluding steroid dienone is 12. The molecule has 0 fully saturated rings. The van der Waals surface area contributed by atoms with Crippen molar-refractivity contribution in [2.24, 2.45) is 0 Å². The number of ether oxygens (including phenoxy) is 1. The summed E-state index contributed by atoms with van der Waals surface area (Å²) in [5, 5.41) is 23.7. The molecule has 6 heteroatoms. The molecule has 60 heavy (non-hydrogen) atoms. The molecule has 0 aliphatic heterocycles. The van der Waals surface area contributed by atoms with Crippen LogP contribution in [0.25, 0.3) is 0 Å². The maximum atomic E-state index is 13.2. The third kappa shape index (κ3) is 42.0. The Kier molecular flexibility index (Phi) is 45.2. The summed E-state index contributed by atoms with van der Waals surface area (Å²) in [6.07, 6.45) is 59.7. The average molecular weight is 838 g/mol. The van der Waals surface area contributed by atoms with Gasteiger partial charge in [-0.25, -0.2) is 0 Å². The van der Waals surface area contributed by atoms with Gasteiger partial charge in [0.15, 0.2) is 0 Å².